The van der Waals surface area contributed by atoms with Crippen LogP contribution < -0.4 is 5.32 Å². The molecule has 0 atom stereocenters. The van der Waals surface area contributed by atoms with E-state index in [4.69, 9.17) is 0 Å². The van der Waals surface area contributed by atoms with Crippen molar-refractivity contribution in [1.82, 2.24) is 24.8 Å². The zero-order valence-electron chi connectivity index (χ0n) is 12.1. The first-order valence-electron chi connectivity index (χ1n) is 7.34. The Hall–Kier alpha value is -2.24. The number of imidazole rings is 1. The normalized spacial score (nSPS) is 22.0. The molecule has 0 aromatic carbocycles. The number of amides is 1. The summed E-state index contributed by atoms with van der Waals surface area (Å²) >= 11 is 0. The average Bonchev–Trinajstić information content (AvgIpc) is 3.04. The molecule has 0 saturated heterocycles. The van der Waals surface area contributed by atoms with Crippen molar-refractivity contribution in [3.63, 3.8) is 0 Å². The fraction of sp³-hybridized carbons (Fsp3) is 0.467. The summed E-state index contributed by atoms with van der Waals surface area (Å²) in [6.07, 6.45) is 11.1. The van der Waals surface area contributed by atoms with Crippen LogP contribution in [0.4, 0.5) is 0 Å². The first kappa shape index (κ1) is 13.7. The summed E-state index contributed by atoms with van der Waals surface area (Å²) in [6, 6.07) is 2.00. The number of carbonyl (C=O) groups excluding carboxylic acids is 1. The molecule has 1 aliphatic rings. The first-order valence-corrected chi connectivity index (χ1v) is 7.34. The van der Waals surface area contributed by atoms with Crippen molar-refractivity contribution in [2.75, 3.05) is 0 Å². The van der Waals surface area contributed by atoms with Gasteiger partial charge in [-0.05, 0) is 37.7 Å². The second kappa shape index (κ2) is 6.03. The van der Waals surface area contributed by atoms with Crippen LogP contribution in [0, 0.1) is 5.92 Å². The van der Waals surface area contributed by atoms with Gasteiger partial charge in [-0.1, -0.05) is 6.92 Å². The van der Waals surface area contributed by atoms with E-state index in [0.717, 1.165) is 18.8 Å². The van der Waals surface area contributed by atoms with Crippen LogP contribution >= 0.6 is 0 Å². The van der Waals surface area contributed by atoms with Gasteiger partial charge in [0.1, 0.15) is 12.1 Å². The summed E-state index contributed by atoms with van der Waals surface area (Å²) in [4.78, 5) is 24.6. The summed E-state index contributed by atoms with van der Waals surface area (Å²) in [5.74, 6) is 1.42. The molecule has 1 amide bonds. The molecule has 110 valence electrons. The van der Waals surface area contributed by atoms with Gasteiger partial charge < -0.3 is 5.32 Å². The average molecular weight is 285 g/mol. The maximum absolute atomic E-state index is 12.3. The van der Waals surface area contributed by atoms with Gasteiger partial charge in [0.05, 0.1) is 0 Å². The smallest absolute Gasteiger partial charge is 0.289 e. The van der Waals surface area contributed by atoms with Gasteiger partial charge in [-0.15, -0.1) is 0 Å². The highest BCUT2D eigenvalue weighted by molar-refractivity contribution is 5.90. The van der Waals surface area contributed by atoms with Gasteiger partial charge in [-0.3, -0.25) is 9.36 Å². The van der Waals surface area contributed by atoms with E-state index in [2.05, 4.69) is 27.2 Å². The lowest BCUT2D eigenvalue weighted by molar-refractivity contribution is 0.0912. The zero-order chi connectivity index (χ0) is 14.7. The SMILES string of the molecule is C[C@H]1CC[C@H](NC(=O)c2nccc(-n3ccnc3)n2)CC1. The minimum absolute atomic E-state index is 0.198. The molecule has 0 bridgehead atoms. The number of carbonyl (C=O) groups is 1. The lowest BCUT2D eigenvalue weighted by Gasteiger charge is -2.26. The molecule has 0 radical (unpaired) electrons. The van der Waals surface area contributed by atoms with Gasteiger partial charge in [0.25, 0.3) is 5.91 Å². The second-order valence-electron chi connectivity index (χ2n) is 5.64. The van der Waals surface area contributed by atoms with Crippen LogP contribution in [-0.2, 0) is 0 Å². The monoisotopic (exact) mass is 285 g/mol. The highest BCUT2D eigenvalue weighted by Gasteiger charge is 2.21. The number of nitrogens with one attached hydrogen (secondary N) is 1. The van der Waals surface area contributed by atoms with Crippen molar-refractivity contribution < 1.29 is 4.79 Å². The van der Waals surface area contributed by atoms with Crippen LogP contribution in [0.5, 0.6) is 0 Å². The maximum atomic E-state index is 12.3. The highest BCUT2D eigenvalue weighted by Crippen LogP contribution is 2.23. The minimum atomic E-state index is -0.198. The standard InChI is InChI=1S/C15H19N5O/c1-11-2-4-12(5-3-11)18-15(21)14-17-7-6-13(19-14)20-9-8-16-10-20/h6-12H,2-5H2,1H3,(H,18,21)/t11-,12-. The third-order valence-corrected chi connectivity index (χ3v) is 3.96. The lowest BCUT2D eigenvalue weighted by atomic mass is 9.87. The summed E-state index contributed by atoms with van der Waals surface area (Å²) in [7, 11) is 0. The Morgan fingerprint density at radius 1 is 1.29 bits per heavy atom. The molecule has 1 N–H and O–H groups in total. The molecule has 6 heteroatoms. The molecule has 21 heavy (non-hydrogen) atoms. The van der Waals surface area contributed by atoms with E-state index in [0.29, 0.717) is 5.82 Å². The van der Waals surface area contributed by atoms with Gasteiger partial charge >= 0.3 is 0 Å². The largest absolute Gasteiger partial charge is 0.347 e. The topological polar surface area (TPSA) is 72.7 Å². The van der Waals surface area contributed by atoms with E-state index in [1.165, 1.54) is 12.8 Å². The van der Waals surface area contributed by atoms with Crippen LogP contribution in [0.1, 0.15) is 43.2 Å². The third-order valence-electron chi connectivity index (χ3n) is 3.96. The molecule has 1 saturated carbocycles. The molecule has 2 aromatic heterocycles. The Kier molecular flexibility index (Phi) is 3.94. The van der Waals surface area contributed by atoms with Crippen molar-refractivity contribution in [3.05, 3.63) is 36.8 Å². The van der Waals surface area contributed by atoms with Crippen LogP contribution in [0.15, 0.2) is 31.0 Å². The maximum Gasteiger partial charge on any atom is 0.289 e. The predicted molar refractivity (Wildman–Crippen MR) is 78.0 cm³/mol. The summed E-state index contributed by atoms with van der Waals surface area (Å²) in [5.41, 5.74) is 0. The van der Waals surface area contributed by atoms with E-state index < -0.39 is 0 Å². The van der Waals surface area contributed by atoms with Gasteiger partial charge in [-0.2, -0.15) is 0 Å². The van der Waals surface area contributed by atoms with E-state index in [1.54, 1.807) is 35.6 Å². The van der Waals surface area contributed by atoms with E-state index in [9.17, 15) is 4.79 Å². The summed E-state index contributed by atoms with van der Waals surface area (Å²) < 4.78 is 1.75. The molecule has 0 aliphatic heterocycles. The summed E-state index contributed by atoms with van der Waals surface area (Å²) in [5, 5.41) is 3.04. The number of nitrogens with zero attached hydrogens (tertiary/aromatic N) is 4. The Bertz CT molecular complexity index is 602. The molecule has 1 aliphatic carbocycles. The number of hydrogen-bond acceptors (Lipinski definition) is 4. The van der Waals surface area contributed by atoms with Crippen molar-refractivity contribution in [3.8, 4) is 5.82 Å². The Balaban J connectivity index is 1.69. The number of aromatic nitrogens is 4. The third kappa shape index (κ3) is 3.26. The Morgan fingerprint density at radius 3 is 2.81 bits per heavy atom. The molecule has 2 aromatic rings. The summed E-state index contributed by atoms with van der Waals surface area (Å²) in [6.45, 7) is 2.26. The van der Waals surface area contributed by atoms with Gasteiger partial charge in [0.15, 0.2) is 0 Å². The quantitative estimate of drug-likeness (QED) is 0.935. The number of rotatable bonds is 3. The van der Waals surface area contributed by atoms with Crippen molar-refractivity contribution >= 4 is 5.91 Å². The van der Waals surface area contributed by atoms with Crippen LogP contribution in [0.2, 0.25) is 0 Å². The van der Waals surface area contributed by atoms with Crippen molar-refractivity contribution in [2.24, 2.45) is 5.92 Å². The molecule has 6 nitrogen and oxygen atoms in total. The fourth-order valence-corrected chi connectivity index (χ4v) is 2.65. The predicted octanol–water partition coefficient (Wildman–Crippen LogP) is 1.97. The van der Waals surface area contributed by atoms with Crippen LogP contribution in [0.3, 0.4) is 0 Å². The fourth-order valence-electron chi connectivity index (χ4n) is 2.65. The highest BCUT2D eigenvalue weighted by atomic mass is 16.2. The zero-order valence-corrected chi connectivity index (χ0v) is 12.1. The minimum Gasteiger partial charge on any atom is -0.347 e. The van der Waals surface area contributed by atoms with Crippen molar-refractivity contribution in [2.45, 2.75) is 38.6 Å². The lowest BCUT2D eigenvalue weighted by Crippen LogP contribution is -2.38. The number of hydrogen-bond donors (Lipinski definition) is 1. The first-order chi connectivity index (χ1) is 10.2. The molecule has 3 rings (SSSR count). The van der Waals surface area contributed by atoms with Crippen LogP contribution in [0.25, 0.3) is 5.82 Å². The van der Waals surface area contributed by atoms with E-state index in [-0.39, 0.29) is 17.8 Å². The van der Waals surface area contributed by atoms with Gasteiger partial charge in [-0.25, -0.2) is 15.0 Å². The Labute approximate surface area is 123 Å². The van der Waals surface area contributed by atoms with Gasteiger partial charge in [0, 0.05) is 24.6 Å². The molecule has 1 fully saturated rings. The van der Waals surface area contributed by atoms with Crippen LogP contribution in [-0.4, -0.2) is 31.5 Å². The van der Waals surface area contributed by atoms with Gasteiger partial charge in [0.2, 0.25) is 5.82 Å². The molecular formula is C15H19N5O. The molecule has 0 unspecified atom stereocenters. The molecule has 2 heterocycles. The molecular weight excluding hydrogens is 266 g/mol. The molecule has 0 spiro atoms. The second-order valence-corrected chi connectivity index (χ2v) is 5.64. The van der Waals surface area contributed by atoms with E-state index in [1.807, 2.05) is 0 Å². The van der Waals surface area contributed by atoms with Crippen molar-refractivity contribution in [1.29, 1.82) is 0 Å². The van der Waals surface area contributed by atoms with E-state index >= 15 is 0 Å². The Morgan fingerprint density at radius 2 is 2.10 bits per heavy atom.